The highest BCUT2D eigenvalue weighted by Gasteiger charge is 2.13. The lowest BCUT2D eigenvalue weighted by Crippen LogP contribution is -2.28. The topological polar surface area (TPSA) is 38.0 Å². The number of rotatable bonds is 4. The smallest absolute Gasteiger partial charge is 0.0391 e. The average Bonchev–Trinajstić information content (AvgIpc) is 2.41. The normalized spacial score (nSPS) is 22.7. The Balaban J connectivity index is 2.26. The molecule has 0 radical (unpaired) electrons. The first-order chi connectivity index (χ1) is 9.70. The largest absolute Gasteiger partial charge is 0.398 e. The van der Waals surface area contributed by atoms with Gasteiger partial charge < -0.3 is 11.1 Å². The van der Waals surface area contributed by atoms with Gasteiger partial charge in [0, 0.05) is 21.8 Å². The molecule has 0 aliphatic heterocycles. The predicted molar refractivity (Wildman–Crippen MR) is 91.7 cm³/mol. The summed E-state index contributed by atoms with van der Waals surface area (Å²) in [6, 6.07) is 6.64. The summed E-state index contributed by atoms with van der Waals surface area (Å²) in [4.78, 5) is 0. The van der Waals surface area contributed by atoms with Crippen LogP contribution in [0.4, 0.5) is 5.69 Å². The van der Waals surface area contributed by atoms with Gasteiger partial charge in [-0.05, 0) is 56.0 Å². The van der Waals surface area contributed by atoms with Gasteiger partial charge in [0.05, 0.1) is 0 Å². The molecule has 3 heteroatoms. The third kappa shape index (κ3) is 4.35. The van der Waals surface area contributed by atoms with Crippen molar-refractivity contribution in [1.82, 2.24) is 5.32 Å². The van der Waals surface area contributed by atoms with Crippen molar-refractivity contribution in [3.63, 3.8) is 0 Å². The fourth-order valence-electron chi connectivity index (χ4n) is 2.79. The highest BCUT2D eigenvalue weighted by atomic mass is 79.9. The van der Waals surface area contributed by atoms with Gasteiger partial charge in [-0.2, -0.15) is 0 Å². The second kappa shape index (κ2) is 7.84. The molecule has 1 aliphatic rings. The quantitative estimate of drug-likeness (QED) is 0.778. The van der Waals surface area contributed by atoms with Gasteiger partial charge in [0.1, 0.15) is 0 Å². The van der Waals surface area contributed by atoms with Crippen LogP contribution in [0, 0.1) is 0 Å². The Morgan fingerprint density at radius 1 is 1.30 bits per heavy atom. The van der Waals surface area contributed by atoms with E-state index in [2.05, 4.69) is 40.3 Å². The lowest BCUT2D eigenvalue weighted by molar-refractivity contribution is 0.511. The molecule has 110 valence electrons. The Labute approximate surface area is 131 Å². The SMILES string of the molecule is CCCNC1/C=C(/c2cc(Br)ccc2N)CCCCC1. The van der Waals surface area contributed by atoms with Gasteiger partial charge in [-0.25, -0.2) is 0 Å². The summed E-state index contributed by atoms with van der Waals surface area (Å²) in [5.74, 6) is 0. The standard InChI is InChI=1S/C17H25BrN2/c1-2-10-20-15-7-5-3-4-6-13(11-15)16-12-14(18)8-9-17(16)19/h8-9,11-12,15,20H,2-7,10,19H2,1H3/b13-11+. The van der Waals surface area contributed by atoms with Crippen molar-refractivity contribution in [2.75, 3.05) is 12.3 Å². The maximum absolute atomic E-state index is 6.17. The maximum Gasteiger partial charge on any atom is 0.0391 e. The molecule has 2 rings (SSSR count). The van der Waals surface area contributed by atoms with Crippen molar-refractivity contribution in [2.45, 2.75) is 51.5 Å². The first kappa shape index (κ1) is 15.6. The van der Waals surface area contributed by atoms with Gasteiger partial charge in [0.15, 0.2) is 0 Å². The summed E-state index contributed by atoms with van der Waals surface area (Å²) in [7, 11) is 0. The molecule has 1 unspecified atom stereocenters. The Morgan fingerprint density at radius 2 is 2.15 bits per heavy atom. The van der Waals surface area contributed by atoms with Crippen LogP contribution in [-0.4, -0.2) is 12.6 Å². The maximum atomic E-state index is 6.17. The summed E-state index contributed by atoms with van der Waals surface area (Å²) in [6.45, 7) is 3.30. The van der Waals surface area contributed by atoms with Crippen LogP contribution in [0.5, 0.6) is 0 Å². The van der Waals surface area contributed by atoms with Crippen molar-refractivity contribution in [1.29, 1.82) is 0 Å². The number of anilines is 1. The number of benzene rings is 1. The molecule has 0 fully saturated rings. The number of allylic oxidation sites excluding steroid dienone is 1. The molecule has 3 N–H and O–H groups in total. The van der Waals surface area contributed by atoms with Crippen LogP contribution in [0.1, 0.15) is 51.0 Å². The minimum atomic E-state index is 0.489. The van der Waals surface area contributed by atoms with Crippen LogP contribution >= 0.6 is 15.9 Å². The van der Waals surface area contributed by atoms with E-state index in [1.54, 1.807) is 0 Å². The summed E-state index contributed by atoms with van der Waals surface area (Å²) in [5.41, 5.74) is 9.66. The zero-order valence-electron chi connectivity index (χ0n) is 12.3. The lowest BCUT2D eigenvalue weighted by atomic mass is 9.92. The highest BCUT2D eigenvalue weighted by Crippen LogP contribution is 2.31. The molecule has 0 saturated heterocycles. The molecule has 0 heterocycles. The third-order valence-electron chi connectivity index (χ3n) is 3.88. The Kier molecular flexibility index (Phi) is 6.11. The lowest BCUT2D eigenvalue weighted by Gasteiger charge is -2.21. The summed E-state index contributed by atoms with van der Waals surface area (Å²) in [6.07, 6.45) is 9.85. The molecular formula is C17H25BrN2. The number of nitrogen functional groups attached to an aromatic ring is 1. The minimum absolute atomic E-state index is 0.489. The molecule has 0 aromatic heterocycles. The fraction of sp³-hybridized carbons (Fsp3) is 0.529. The van der Waals surface area contributed by atoms with Crippen molar-refractivity contribution in [3.05, 3.63) is 34.3 Å². The van der Waals surface area contributed by atoms with E-state index in [1.165, 1.54) is 43.2 Å². The second-order valence-corrected chi connectivity index (χ2v) is 6.50. The summed E-state index contributed by atoms with van der Waals surface area (Å²) < 4.78 is 1.10. The van der Waals surface area contributed by atoms with Crippen LogP contribution in [0.3, 0.4) is 0 Å². The monoisotopic (exact) mass is 336 g/mol. The molecule has 1 aromatic carbocycles. The van der Waals surface area contributed by atoms with E-state index in [4.69, 9.17) is 5.73 Å². The molecule has 1 aliphatic carbocycles. The van der Waals surface area contributed by atoms with Crippen LogP contribution < -0.4 is 11.1 Å². The van der Waals surface area contributed by atoms with Crippen molar-refractivity contribution in [3.8, 4) is 0 Å². The highest BCUT2D eigenvalue weighted by molar-refractivity contribution is 9.10. The van der Waals surface area contributed by atoms with Gasteiger partial charge in [0.2, 0.25) is 0 Å². The molecule has 0 amide bonds. The zero-order valence-corrected chi connectivity index (χ0v) is 13.9. The van der Waals surface area contributed by atoms with Crippen LogP contribution in [0.25, 0.3) is 5.57 Å². The van der Waals surface area contributed by atoms with Crippen LogP contribution in [0.15, 0.2) is 28.7 Å². The van der Waals surface area contributed by atoms with Crippen molar-refractivity contribution in [2.24, 2.45) is 0 Å². The van der Waals surface area contributed by atoms with Gasteiger partial charge in [-0.3, -0.25) is 0 Å². The fourth-order valence-corrected chi connectivity index (χ4v) is 3.15. The minimum Gasteiger partial charge on any atom is -0.398 e. The molecule has 0 spiro atoms. The first-order valence-corrected chi connectivity index (χ1v) is 8.49. The van der Waals surface area contributed by atoms with E-state index in [1.807, 2.05) is 12.1 Å². The Hall–Kier alpha value is -0.800. The van der Waals surface area contributed by atoms with Gasteiger partial charge in [-0.1, -0.05) is 41.8 Å². The summed E-state index contributed by atoms with van der Waals surface area (Å²) >= 11 is 3.56. The number of nitrogens with one attached hydrogen (secondary N) is 1. The van der Waals surface area contributed by atoms with Gasteiger partial charge in [-0.15, -0.1) is 0 Å². The number of hydrogen-bond donors (Lipinski definition) is 2. The molecule has 20 heavy (non-hydrogen) atoms. The van der Waals surface area contributed by atoms with E-state index < -0.39 is 0 Å². The van der Waals surface area contributed by atoms with E-state index in [9.17, 15) is 0 Å². The zero-order chi connectivity index (χ0) is 14.4. The third-order valence-corrected chi connectivity index (χ3v) is 4.37. The van der Waals surface area contributed by atoms with E-state index in [-0.39, 0.29) is 0 Å². The van der Waals surface area contributed by atoms with E-state index in [0.29, 0.717) is 6.04 Å². The van der Waals surface area contributed by atoms with Gasteiger partial charge >= 0.3 is 0 Å². The van der Waals surface area contributed by atoms with Crippen LogP contribution in [-0.2, 0) is 0 Å². The number of hydrogen-bond acceptors (Lipinski definition) is 2. The van der Waals surface area contributed by atoms with Crippen molar-refractivity contribution < 1.29 is 0 Å². The van der Waals surface area contributed by atoms with Gasteiger partial charge in [0.25, 0.3) is 0 Å². The first-order valence-electron chi connectivity index (χ1n) is 7.70. The van der Waals surface area contributed by atoms with E-state index in [0.717, 1.165) is 23.1 Å². The Bertz CT molecular complexity index is 468. The molecule has 0 bridgehead atoms. The molecule has 1 aromatic rings. The molecule has 1 atom stereocenters. The second-order valence-electron chi connectivity index (χ2n) is 5.58. The molecule has 2 nitrogen and oxygen atoms in total. The molecular weight excluding hydrogens is 312 g/mol. The van der Waals surface area contributed by atoms with E-state index >= 15 is 0 Å². The number of halogens is 1. The predicted octanol–water partition coefficient (Wildman–Crippen LogP) is 4.75. The Morgan fingerprint density at radius 3 is 2.95 bits per heavy atom. The number of nitrogens with two attached hydrogens (primary N) is 1. The van der Waals surface area contributed by atoms with Crippen LogP contribution in [0.2, 0.25) is 0 Å². The average molecular weight is 337 g/mol. The summed E-state index contributed by atoms with van der Waals surface area (Å²) in [5, 5.41) is 3.64. The molecule has 0 saturated carbocycles. The van der Waals surface area contributed by atoms with Crippen molar-refractivity contribution >= 4 is 27.2 Å².